The molecule has 2 atom stereocenters. The minimum atomic E-state index is 0.174. The van der Waals surface area contributed by atoms with Gasteiger partial charge in [-0.2, -0.15) is 0 Å². The first-order valence-corrected chi connectivity index (χ1v) is 7.59. The zero-order valence-electron chi connectivity index (χ0n) is 11.2. The number of aromatic nitrogens is 1. The molecule has 2 N–H and O–H groups in total. The van der Waals surface area contributed by atoms with Crippen LogP contribution in [-0.4, -0.2) is 17.3 Å². The number of hydrogen-bond donors (Lipinski definition) is 1. The fourth-order valence-electron chi connectivity index (χ4n) is 2.81. The van der Waals surface area contributed by atoms with E-state index >= 15 is 0 Å². The van der Waals surface area contributed by atoms with Gasteiger partial charge in [0.1, 0.15) is 10.8 Å². The molecule has 2 rings (SSSR count). The molecule has 1 fully saturated rings. The van der Waals surface area contributed by atoms with Crippen LogP contribution >= 0.6 is 11.3 Å². The Labute approximate surface area is 113 Å². The molecular formula is C14H22N2OS. The van der Waals surface area contributed by atoms with Gasteiger partial charge in [-0.1, -0.05) is 12.8 Å². The quantitative estimate of drug-likeness (QED) is 0.911. The van der Waals surface area contributed by atoms with Crippen LogP contribution in [0.3, 0.4) is 0 Å². The number of aryl methyl sites for hydroxylation is 2. The molecule has 0 radical (unpaired) electrons. The molecule has 1 aromatic rings. The van der Waals surface area contributed by atoms with E-state index in [0.29, 0.717) is 24.7 Å². The Bertz CT molecular complexity index is 408. The summed E-state index contributed by atoms with van der Waals surface area (Å²) in [6, 6.07) is 0. The van der Waals surface area contributed by atoms with Crippen LogP contribution in [0.15, 0.2) is 0 Å². The number of carbonyl (C=O) groups excluding carboxylic acids is 1. The van der Waals surface area contributed by atoms with Gasteiger partial charge in [-0.25, -0.2) is 4.98 Å². The van der Waals surface area contributed by atoms with Crippen molar-refractivity contribution in [1.29, 1.82) is 0 Å². The minimum Gasteiger partial charge on any atom is -0.330 e. The van der Waals surface area contributed by atoms with Crippen LogP contribution in [0.5, 0.6) is 0 Å². The second-order valence-corrected chi connectivity index (χ2v) is 6.57. The van der Waals surface area contributed by atoms with E-state index in [1.165, 1.54) is 17.7 Å². The van der Waals surface area contributed by atoms with Crippen molar-refractivity contribution in [2.45, 2.75) is 46.0 Å². The van der Waals surface area contributed by atoms with Crippen molar-refractivity contribution in [2.24, 2.45) is 17.6 Å². The normalized spacial score (nSPS) is 24.2. The smallest absolute Gasteiger partial charge is 0.143 e. The van der Waals surface area contributed by atoms with Crippen molar-refractivity contribution in [3.8, 4) is 0 Å². The van der Waals surface area contributed by atoms with Gasteiger partial charge in [0, 0.05) is 10.8 Å². The molecule has 18 heavy (non-hydrogen) atoms. The maximum atomic E-state index is 12.4. The maximum absolute atomic E-state index is 12.4. The summed E-state index contributed by atoms with van der Waals surface area (Å²) in [5, 5.41) is 0.969. The van der Waals surface area contributed by atoms with Crippen LogP contribution in [0.4, 0.5) is 0 Å². The monoisotopic (exact) mass is 266 g/mol. The molecule has 0 aliphatic heterocycles. The standard InChI is InChI=1S/C14H22N2OS/c1-9-10(2)18-14(16-9)7-13(17)12-6-4-3-5-11(12)8-15/h11-12H,3-8,15H2,1-2H3. The lowest BCUT2D eigenvalue weighted by atomic mass is 9.76. The van der Waals surface area contributed by atoms with Gasteiger partial charge in [-0.05, 0) is 39.2 Å². The van der Waals surface area contributed by atoms with Crippen LogP contribution < -0.4 is 5.73 Å². The highest BCUT2D eigenvalue weighted by atomic mass is 32.1. The van der Waals surface area contributed by atoms with Gasteiger partial charge in [0.05, 0.1) is 12.1 Å². The van der Waals surface area contributed by atoms with E-state index in [1.54, 1.807) is 11.3 Å². The Morgan fingerprint density at radius 2 is 2.11 bits per heavy atom. The Kier molecular flexibility index (Phi) is 4.51. The fraction of sp³-hybridized carbons (Fsp3) is 0.714. The number of rotatable bonds is 4. The van der Waals surface area contributed by atoms with Crippen LogP contribution in [0, 0.1) is 25.7 Å². The highest BCUT2D eigenvalue weighted by Crippen LogP contribution is 2.31. The number of ketones is 1. The second-order valence-electron chi connectivity index (χ2n) is 5.28. The van der Waals surface area contributed by atoms with Crippen molar-refractivity contribution >= 4 is 17.1 Å². The molecule has 0 saturated heterocycles. The van der Waals surface area contributed by atoms with Gasteiger partial charge in [0.2, 0.25) is 0 Å². The van der Waals surface area contributed by atoms with Crippen molar-refractivity contribution < 1.29 is 4.79 Å². The van der Waals surface area contributed by atoms with E-state index < -0.39 is 0 Å². The lowest BCUT2D eigenvalue weighted by Gasteiger charge is -2.29. The van der Waals surface area contributed by atoms with Crippen molar-refractivity contribution in [2.75, 3.05) is 6.54 Å². The molecule has 1 saturated carbocycles. The third-order valence-electron chi connectivity index (χ3n) is 4.02. The molecular weight excluding hydrogens is 244 g/mol. The molecule has 4 heteroatoms. The molecule has 0 spiro atoms. The SMILES string of the molecule is Cc1nc(CC(=O)C2CCCCC2CN)sc1C. The first kappa shape index (κ1) is 13.7. The first-order chi connectivity index (χ1) is 8.61. The van der Waals surface area contributed by atoms with E-state index in [2.05, 4.69) is 11.9 Å². The fourth-order valence-corrected chi connectivity index (χ4v) is 3.75. The Hall–Kier alpha value is -0.740. The van der Waals surface area contributed by atoms with Gasteiger partial charge in [-0.3, -0.25) is 4.79 Å². The largest absolute Gasteiger partial charge is 0.330 e. The number of nitrogens with zero attached hydrogens (tertiary/aromatic N) is 1. The molecule has 1 aromatic heterocycles. The Balaban J connectivity index is 2.02. The van der Waals surface area contributed by atoms with Gasteiger partial charge in [0.15, 0.2) is 0 Å². The summed E-state index contributed by atoms with van der Waals surface area (Å²) in [6.45, 7) is 4.71. The topological polar surface area (TPSA) is 56.0 Å². The van der Waals surface area contributed by atoms with E-state index in [9.17, 15) is 4.79 Å². The number of thiazole rings is 1. The lowest BCUT2D eigenvalue weighted by molar-refractivity contribution is -0.124. The highest BCUT2D eigenvalue weighted by Gasteiger charge is 2.30. The molecule has 0 aromatic carbocycles. The number of carbonyl (C=O) groups is 1. The Morgan fingerprint density at radius 1 is 1.39 bits per heavy atom. The van der Waals surface area contributed by atoms with E-state index in [-0.39, 0.29) is 5.92 Å². The molecule has 3 nitrogen and oxygen atoms in total. The van der Waals surface area contributed by atoms with Crippen LogP contribution in [0.2, 0.25) is 0 Å². The van der Waals surface area contributed by atoms with Gasteiger partial charge in [0.25, 0.3) is 0 Å². The zero-order chi connectivity index (χ0) is 13.1. The summed E-state index contributed by atoms with van der Waals surface area (Å²) < 4.78 is 0. The molecule has 1 aliphatic rings. The summed E-state index contributed by atoms with van der Waals surface area (Å²) in [6.07, 6.45) is 5.03. The number of nitrogens with two attached hydrogens (primary N) is 1. The average molecular weight is 266 g/mol. The molecule has 100 valence electrons. The van der Waals surface area contributed by atoms with Crippen molar-refractivity contribution in [3.63, 3.8) is 0 Å². The summed E-state index contributed by atoms with van der Waals surface area (Å²) in [7, 11) is 0. The lowest BCUT2D eigenvalue weighted by Crippen LogP contribution is -2.33. The van der Waals surface area contributed by atoms with Gasteiger partial charge >= 0.3 is 0 Å². The van der Waals surface area contributed by atoms with Crippen LogP contribution in [-0.2, 0) is 11.2 Å². The summed E-state index contributed by atoms with van der Waals surface area (Å²) in [5.41, 5.74) is 6.85. The van der Waals surface area contributed by atoms with Gasteiger partial charge in [-0.15, -0.1) is 11.3 Å². The highest BCUT2D eigenvalue weighted by molar-refractivity contribution is 7.11. The number of hydrogen-bond acceptors (Lipinski definition) is 4. The third kappa shape index (κ3) is 2.98. The summed E-state index contributed by atoms with van der Waals surface area (Å²) >= 11 is 1.65. The molecule has 2 unspecified atom stereocenters. The van der Waals surface area contributed by atoms with Gasteiger partial charge < -0.3 is 5.73 Å². The van der Waals surface area contributed by atoms with Crippen molar-refractivity contribution in [1.82, 2.24) is 4.98 Å². The van der Waals surface area contributed by atoms with E-state index in [4.69, 9.17) is 5.73 Å². The third-order valence-corrected chi connectivity index (χ3v) is 5.10. The van der Waals surface area contributed by atoms with E-state index in [1.807, 2.05) is 6.92 Å². The molecule has 0 amide bonds. The maximum Gasteiger partial charge on any atom is 0.143 e. The van der Waals surface area contributed by atoms with E-state index in [0.717, 1.165) is 23.5 Å². The second kappa shape index (κ2) is 5.93. The summed E-state index contributed by atoms with van der Waals surface area (Å²) in [4.78, 5) is 18.1. The molecule has 0 bridgehead atoms. The minimum absolute atomic E-state index is 0.174. The zero-order valence-corrected chi connectivity index (χ0v) is 12.1. The first-order valence-electron chi connectivity index (χ1n) is 6.77. The molecule has 1 heterocycles. The molecule has 1 aliphatic carbocycles. The predicted octanol–water partition coefficient (Wildman–Crippen LogP) is 2.64. The number of Topliss-reactive ketones (excluding diaryl/α,β-unsaturated/α-hetero) is 1. The average Bonchev–Trinajstić information content (AvgIpc) is 2.68. The van der Waals surface area contributed by atoms with Crippen molar-refractivity contribution in [3.05, 3.63) is 15.6 Å². The van der Waals surface area contributed by atoms with Crippen LogP contribution in [0.1, 0.15) is 41.3 Å². The Morgan fingerprint density at radius 3 is 2.72 bits per heavy atom. The predicted molar refractivity (Wildman–Crippen MR) is 74.8 cm³/mol. The van der Waals surface area contributed by atoms with Crippen LogP contribution in [0.25, 0.3) is 0 Å². The summed E-state index contributed by atoms with van der Waals surface area (Å²) in [5.74, 6) is 0.917.